The Morgan fingerprint density at radius 2 is 1.86 bits per heavy atom. The Morgan fingerprint density at radius 1 is 1.20 bits per heavy atom. The summed E-state index contributed by atoms with van der Waals surface area (Å²) in [5.41, 5.74) is 1.18. The second-order valence-electron chi connectivity index (χ2n) is 7.87. The van der Waals surface area contributed by atoms with Gasteiger partial charge in [-0.05, 0) is 30.5 Å². The van der Waals surface area contributed by atoms with E-state index in [1.807, 2.05) is 31.2 Å². The van der Waals surface area contributed by atoms with Gasteiger partial charge in [-0.15, -0.1) is 0 Å². The van der Waals surface area contributed by atoms with Gasteiger partial charge in [0.2, 0.25) is 21.8 Å². The number of sulfonamides is 1. The van der Waals surface area contributed by atoms with Crippen molar-refractivity contribution in [2.45, 2.75) is 32.9 Å². The number of methoxy groups -OCH3 is 1. The van der Waals surface area contributed by atoms with Gasteiger partial charge in [-0.3, -0.25) is 24.0 Å². The molecular formula is C23H30N4O7S. The molecule has 2 aromatic rings. The zero-order valence-corrected chi connectivity index (χ0v) is 21.2. The van der Waals surface area contributed by atoms with E-state index in [9.17, 15) is 28.1 Å². The molecule has 2 rings (SSSR count). The molecule has 0 aromatic heterocycles. The molecule has 0 saturated heterocycles. The van der Waals surface area contributed by atoms with E-state index >= 15 is 0 Å². The van der Waals surface area contributed by atoms with Gasteiger partial charge in [0.05, 0.1) is 18.3 Å². The van der Waals surface area contributed by atoms with Crippen molar-refractivity contribution < 1.29 is 27.7 Å². The maximum absolute atomic E-state index is 13.6. The fraction of sp³-hybridized carbons (Fsp3) is 0.391. The number of rotatable bonds is 11. The SMILES string of the molecule is CC[C@H](C(=O)NC)N(Cc1ccccc1C)C(=O)CN(c1cc([N+](=O)[O-])ccc1OC)S(C)(=O)=O. The summed E-state index contributed by atoms with van der Waals surface area (Å²) >= 11 is 0. The maximum Gasteiger partial charge on any atom is 0.271 e. The number of carbonyl (C=O) groups excluding carboxylic acids is 2. The number of likely N-dealkylation sites (N-methyl/N-ethyl adjacent to an activating group) is 1. The van der Waals surface area contributed by atoms with Gasteiger partial charge in [0.1, 0.15) is 24.0 Å². The summed E-state index contributed by atoms with van der Waals surface area (Å²) in [6, 6.07) is 9.97. The van der Waals surface area contributed by atoms with Crippen LogP contribution in [0.2, 0.25) is 0 Å². The molecule has 2 aromatic carbocycles. The first-order valence-corrected chi connectivity index (χ1v) is 12.6. The lowest BCUT2D eigenvalue weighted by molar-refractivity contribution is -0.384. The fourth-order valence-electron chi connectivity index (χ4n) is 3.64. The lowest BCUT2D eigenvalue weighted by Gasteiger charge is -2.33. The average Bonchev–Trinajstić information content (AvgIpc) is 2.81. The number of nitro benzene ring substituents is 1. The molecule has 0 aliphatic heterocycles. The van der Waals surface area contributed by atoms with Gasteiger partial charge >= 0.3 is 0 Å². The maximum atomic E-state index is 13.6. The third-order valence-electron chi connectivity index (χ3n) is 5.56. The number of hydrogen-bond acceptors (Lipinski definition) is 7. The van der Waals surface area contributed by atoms with Crippen LogP contribution in [-0.4, -0.2) is 63.1 Å². The highest BCUT2D eigenvalue weighted by molar-refractivity contribution is 7.92. The number of aryl methyl sites for hydroxylation is 1. The number of nitrogens with one attached hydrogen (secondary N) is 1. The van der Waals surface area contributed by atoms with Crippen LogP contribution in [-0.2, 0) is 26.2 Å². The fourth-order valence-corrected chi connectivity index (χ4v) is 4.48. The van der Waals surface area contributed by atoms with Crippen molar-refractivity contribution in [2.24, 2.45) is 0 Å². The highest BCUT2D eigenvalue weighted by Gasteiger charge is 2.33. The van der Waals surface area contributed by atoms with Crippen LogP contribution in [0.1, 0.15) is 24.5 Å². The monoisotopic (exact) mass is 506 g/mol. The molecule has 11 nitrogen and oxygen atoms in total. The summed E-state index contributed by atoms with van der Waals surface area (Å²) in [7, 11) is -1.33. The van der Waals surface area contributed by atoms with Crippen molar-refractivity contribution in [3.05, 3.63) is 63.7 Å². The van der Waals surface area contributed by atoms with Gasteiger partial charge in [-0.25, -0.2) is 8.42 Å². The van der Waals surface area contributed by atoms with Crippen LogP contribution >= 0.6 is 0 Å². The van der Waals surface area contributed by atoms with Crippen LogP contribution in [0, 0.1) is 17.0 Å². The van der Waals surface area contributed by atoms with Crippen molar-refractivity contribution in [1.29, 1.82) is 0 Å². The van der Waals surface area contributed by atoms with Crippen molar-refractivity contribution >= 4 is 33.2 Å². The number of benzene rings is 2. The van der Waals surface area contributed by atoms with E-state index in [2.05, 4.69) is 5.32 Å². The third kappa shape index (κ3) is 6.69. The minimum Gasteiger partial charge on any atom is -0.495 e. The number of nitrogens with zero attached hydrogens (tertiary/aromatic N) is 3. The Labute approximate surface area is 204 Å². The first kappa shape index (κ1) is 27.6. The Morgan fingerprint density at radius 3 is 2.37 bits per heavy atom. The lowest BCUT2D eigenvalue weighted by atomic mass is 10.1. The van der Waals surface area contributed by atoms with E-state index < -0.39 is 39.3 Å². The van der Waals surface area contributed by atoms with Gasteiger partial charge in [-0.1, -0.05) is 31.2 Å². The smallest absolute Gasteiger partial charge is 0.271 e. The van der Waals surface area contributed by atoms with E-state index in [1.165, 1.54) is 31.2 Å². The Bertz CT molecular complexity index is 1200. The van der Waals surface area contributed by atoms with Crippen LogP contribution in [0.4, 0.5) is 11.4 Å². The molecule has 0 radical (unpaired) electrons. The Hall–Kier alpha value is -3.67. The second-order valence-corrected chi connectivity index (χ2v) is 9.78. The summed E-state index contributed by atoms with van der Waals surface area (Å²) in [5.74, 6) is -1.01. The summed E-state index contributed by atoms with van der Waals surface area (Å²) in [5, 5.41) is 13.8. The Kier molecular flexibility index (Phi) is 9.18. The third-order valence-corrected chi connectivity index (χ3v) is 6.68. The first-order valence-electron chi connectivity index (χ1n) is 10.8. The molecule has 0 fully saturated rings. The number of hydrogen-bond donors (Lipinski definition) is 1. The summed E-state index contributed by atoms with van der Waals surface area (Å²) < 4.78 is 31.4. The molecule has 0 spiro atoms. The van der Waals surface area contributed by atoms with E-state index in [-0.39, 0.29) is 30.1 Å². The van der Waals surface area contributed by atoms with E-state index in [0.717, 1.165) is 27.8 Å². The van der Waals surface area contributed by atoms with Gasteiger partial charge in [-0.2, -0.15) is 0 Å². The first-order chi connectivity index (χ1) is 16.4. The average molecular weight is 507 g/mol. The van der Waals surface area contributed by atoms with Crippen molar-refractivity contribution in [2.75, 3.05) is 31.3 Å². The lowest BCUT2D eigenvalue weighted by Crippen LogP contribution is -2.51. The quantitative estimate of drug-likeness (QED) is 0.364. The Balaban J connectivity index is 2.57. The molecule has 0 unspecified atom stereocenters. The van der Waals surface area contributed by atoms with Crippen LogP contribution < -0.4 is 14.4 Å². The molecule has 0 aliphatic carbocycles. The number of ether oxygens (including phenoxy) is 1. The predicted molar refractivity (Wildman–Crippen MR) is 132 cm³/mol. The highest BCUT2D eigenvalue weighted by Crippen LogP contribution is 2.34. The largest absolute Gasteiger partial charge is 0.495 e. The molecule has 0 bridgehead atoms. The zero-order chi connectivity index (χ0) is 26.3. The standard InChI is InChI=1S/C23H30N4O7S/c1-6-19(23(29)24-3)25(14-17-10-8-7-9-16(17)2)22(28)15-26(35(5,32)33)20-13-18(27(30)31)11-12-21(20)34-4/h7-13,19H,6,14-15H2,1-5H3,(H,24,29)/t19-/m1/s1. The number of non-ortho nitro benzene ring substituents is 1. The zero-order valence-electron chi connectivity index (χ0n) is 20.3. The van der Waals surface area contributed by atoms with Crippen LogP contribution in [0.3, 0.4) is 0 Å². The van der Waals surface area contributed by atoms with Crippen molar-refractivity contribution in [3.8, 4) is 5.75 Å². The minimum atomic E-state index is -4.08. The normalized spacial score (nSPS) is 11.9. The molecular weight excluding hydrogens is 476 g/mol. The molecule has 0 heterocycles. The van der Waals surface area contributed by atoms with Crippen LogP contribution in [0.5, 0.6) is 5.75 Å². The summed E-state index contributed by atoms with van der Waals surface area (Å²) in [4.78, 5) is 38.2. The van der Waals surface area contributed by atoms with Crippen LogP contribution in [0.25, 0.3) is 0 Å². The van der Waals surface area contributed by atoms with E-state index in [4.69, 9.17) is 4.74 Å². The summed E-state index contributed by atoms with van der Waals surface area (Å²) in [6.07, 6.45) is 1.18. The molecule has 0 aliphatic rings. The van der Waals surface area contributed by atoms with E-state index in [0.29, 0.717) is 0 Å². The van der Waals surface area contributed by atoms with Gasteiger partial charge in [0.15, 0.2) is 0 Å². The van der Waals surface area contributed by atoms with Gasteiger partial charge in [0, 0.05) is 25.7 Å². The molecule has 190 valence electrons. The second kappa shape index (κ2) is 11.6. The molecule has 0 saturated carbocycles. The summed E-state index contributed by atoms with van der Waals surface area (Å²) in [6.45, 7) is 3.00. The predicted octanol–water partition coefficient (Wildman–Crippen LogP) is 2.23. The number of anilines is 1. The topological polar surface area (TPSA) is 139 Å². The molecule has 1 atom stereocenters. The van der Waals surface area contributed by atoms with E-state index in [1.54, 1.807) is 6.92 Å². The molecule has 35 heavy (non-hydrogen) atoms. The van der Waals surface area contributed by atoms with Gasteiger partial charge < -0.3 is 15.0 Å². The van der Waals surface area contributed by atoms with Crippen molar-refractivity contribution in [3.63, 3.8) is 0 Å². The molecule has 2 amide bonds. The molecule has 12 heteroatoms. The minimum absolute atomic E-state index is 0.0395. The van der Waals surface area contributed by atoms with Gasteiger partial charge in [0.25, 0.3) is 5.69 Å². The highest BCUT2D eigenvalue weighted by atomic mass is 32.2. The number of amides is 2. The van der Waals surface area contributed by atoms with Crippen LogP contribution in [0.15, 0.2) is 42.5 Å². The number of carbonyl (C=O) groups is 2. The molecule has 1 N–H and O–H groups in total. The number of nitro groups is 1. The van der Waals surface area contributed by atoms with Crippen molar-refractivity contribution in [1.82, 2.24) is 10.2 Å².